The second-order valence-electron chi connectivity index (χ2n) is 3.92. The maximum atomic E-state index is 11.8. The standard InChI is InChI=1S/C10H20N4O2/c1-5-14-6-13(4)7(9(15)11-2)8(14)10(16)12-3/h7-8H,5-6H2,1-4H3,(H,11,15)(H,12,16). The van der Waals surface area contributed by atoms with Crippen LogP contribution in [0.5, 0.6) is 0 Å². The van der Waals surface area contributed by atoms with Crippen molar-refractivity contribution in [3.8, 4) is 0 Å². The van der Waals surface area contributed by atoms with Gasteiger partial charge in [-0.3, -0.25) is 19.4 Å². The molecular weight excluding hydrogens is 208 g/mol. The van der Waals surface area contributed by atoms with Crippen molar-refractivity contribution in [2.24, 2.45) is 0 Å². The van der Waals surface area contributed by atoms with Gasteiger partial charge >= 0.3 is 0 Å². The van der Waals surface area contributed by atoms with E-state index in [-0.39, 0.29) is 11.8 Å². The number of rotatable bonds is 3. The number of carbonyl (C=O) groups is 2. The Morgan fingerprint density at radius 3 is 2.12 bits per heavy atom. The van der Waals surface area contributed by atoms with Crippen LogP contribution >= 0.6 is 0 Å². The highest BCUT2D eigenvalue weighted by atomic mass is 16.2. The molecule has 0 aromatic heterocycles. The Labute approximate surface area is 96.0 Å². The zero-order chi connectivity index (χ0) is 12.3. The van der Waals surface area contributed by atoms with Gasteiger partial charge < -0.3 is 10.6 Å². The minimum atomic E-state index is -0.412. The van der Waals surface area contributed by atoms with E-state index in [0.29, 0.717) is 6.67 Å². The Morgan fingerprint density at radius 2 is 1.69 bits per heavy atom. The highest BCUT2D eigenvalue weighted by molar-refractivity contribution is 5.92. The number of nitrogens with one attached hydrogen (secondary N) is 2. The van der Waals surface area contributed by atoms with E-state index in [0.717, 1.165) is 6.54 Å². The van der Waals surface area contributed by atoms with Gasteiger partial charge in [0.1, 0.15) is 12.1 Å². The Hall–Kier alpha value is -1.14. The predicted octanol–water partition coefficient (Wildman–Crippen LogP) is -1.56. The summed E-state index contributed by atoms with van der Waals surface area (Å²) in [5.41, 5.74) is 0. The first-order valence-corrected chi connectivity index (χ1v) is 5.44. The van der Waals surface area contributed by atoms with Gasteiger partial charge in [0.15, 0.2) is 0 Å². The number of nitrogens with zero attached hydrogens (tertiary/aromatic N) is 2. The molecule has 0 aliphatic carbocycles. The first kappa shape index (κ1) is 12.9. The van der Waals surface area contributed by atoms with Crippen LogP contribution in [0.3, 0.4) is 0 Å². The molecule has 6 heteroatoms. The van der Waals surface area contributed by atoms with E-state index in [1.54, 1.807) is 14.1 Å². The van der Waals surface area contributed by atoms with Crippen LogP contribution < -0.4 is 10.6 Å². The van der Waals surface area contributed by atoms with Crippen LogP contribution in [0.25, 0.3) is 0 Å². The van der Waals surface area contributed by atoms with E-state index in [2.05, 4.69) is 10.6 Å². The van der Waals surface area contributed by atoms with Gasteiger partial charge in [0, 0.05) is 14.1 Å². The van der Waals surface area contributed by atoms with Crippen molar-refractivity contribution in [2.45, 2.75) is 19.0 Å². The lowest BCUT2D eigenvalue weighted by Crippen LogP contribution is -2.53. The quantitative estimate of drug-likeness (QED) is 0.613. The second kappa shape index (κ2) is 5.27. The van der Waals surface area contributed by atoms with Gasteiger partial charge in [-0.2, -0.15) is 0 Å². The van der Waals surface area contributed by atoms with Gasteiger partial charge in [-0.1, -0.05) is 6.92 Å². The fraction of sp³-hybridized carbons (Fsp3) is 0.800. The number of likely N-dealkylation sites (N-methyl/N-ethyl adjacent to an activating group) is 4. The van der Waals surface area contributed by atoms with Crippen LogP contribution in [0.4, 0.5) is 0 Å². The molecule has 1 heterocycles. The zero-order valence-corrected chi connectivity index (χ0v) is 10.3. The van der Waals surface area contributed by atoms with Crippen LogP contribution in [0.15, 0.2) is 0 Å². The van der Waals surface area contributed by atoms with Gasteiger partial charge in [0.25, 0.3) is 0 Å². The van der Waals surface area contributed by atoms with Crippen molar-refractivity contribution < 1.29 is 9.59 Å². The number of hydrogen-bond acceptors (Lipinski definition) is 4. The molecule has 16 heavy (non-hydrogen) atoms. The molecule has 0 saturated carbocycles. The van der Waals surface area contributed by atoms with Crippen LogP contribution in [-0.2, 0) is 9.59 Å². The molecule has 0 radical (unpaired) electrons. The van der Waals surface area contributed by atoms with Crippen LogP contribution in [0, 0.1) is 0 Å². The summed E-state index contributed by atoms with van der Waals surface area (Å²) in [7, 11) is 5.03. The molecule has 0 aromatic rings. The van der Waals surface area contributed by atoms with Crippen molar-refractivity contribution in [3.05, 3.63) is 0 Å². The van der Waals surface area contributed by atoms with Crippen molar-refractivity contribution >= 4 is 11.8 Å². The molecule has 0 bridgehead atoms. The predicted molar refractivity (Wildman–Crippen MR) is 60.7 cm³/mol. The zero-order valence-electron chi connectivity index (χ0n) is 10.3. The molecule has 2 amide bonds. The SMILES string of the molecule is CCN1CN(C)C(C(=O)NC)C1C(=O)NC. The fourth-order valence-electron chi connectivity index (χ4n) is 2.15. The summed E-state index contributed by atoms with van der Waals surface area (Å²) in [5, 5.41) is 5.22. The molecule has 2 atom stereocenters. The average molecular weight is 228 g/mol. The van der Waals surface area contributed by atoms with Crippen molar-refractivity contribution in [1.29, 1.82) is 0 Å². The minimum absolute atomic E-state index is 0.111. The van der Waals surface area contributed by atoms with Crippen molar-refractivity contribution in [3.63, 3.8) is 0 Å². The molecular formula is C10H20N4O2. The van der Waals surface area contributed by atoms with Gasteiger partial charge in [0.05, 0.1) is 6.67 Å². The maximum Gasteiger partial charge on any atom is 0.239 e. The summed E-state index contributed by atoms with van der Waals surface area (Å²) >= 11 is 0. The van der Waals surface area contributed by atoms with E-state index in [1.165, 1.54) is 0 Å². The Balaban J connectivity index is 2.94. The molecule has 2 unspecified atom stereocenters. The summed E-state index contributed by atoms with van der Waals surface area (Å²) in [6.45, 7) is 3.36. The Morgan fingerprint density at radius 1 is 1.19 bits per heavy atom. The molecule has 0 aromatic carbocycles. The molecule has 0 spiro atoms. The molecule has 1 aliphatic heterocycles. The summed E-state index contributed by atoms with van der Waals surface area (Å²) in [4.78, 5) is 27.4. The molecule has 92 valence electrons. The van der Waals surface area contributed by atoms with E-state index in [1.807, 2.05) is 23.8 Å². The monoisotopic (exact) mass is 228 g/mol. The third-order valence-electron chi connectivity index (χ3n) is 3.01. The normalized spacial score (nSPS) is 26.8. The lowest BCUT2D eigenvalue weighted by molar-refractivity contribution is -0.131. The van der Waals surface area contributed by atoms with E-state index in [9.17, 15) is 9.59 Å². The third kappa shape index (κ3) is 2.17. The first-order chi connectivity index (χ1) is 7.56. The maximum absolute atomic E-state index is 11.8. The van der Waals surface area contributed by atoms with Crippen LogP contribution in [0.1, 0.15) is 6.92 Å². The average Bonchev–Trinajstić information content (AvgIpc) is 2.64. The van der Waals surface area contributed by atoms with Crippen molar-refractivity contribution in [1.82, 2.24) is 20.4 Å². The third-order valence-corrected chi connectivity index (χ3v) is 3.01. The number of amides is 2. The minimum Gasteiger partial charge on any atom is -0.358 e. The molecule has 1 fully saturated rings. The molecule has 2 N–H and O–H groups in total. The summed E-state index contributed by atoms with van der Waals surface area (Å²) in [6.07, 6.45) is 0. The summed E-state index contributed by atoms with van der Waals surface area (Å²) in [5.74, 6) is -0.230. The summed E-state index contributed by atoms with van der Waals surface area (Å²) < 4.78 is 0. The largest absolute Gasteiger partial charge is 0.358 e. The van der Waals surface area contributed by atoms with Crippen LogP contribution in [-0.4, -0.2) is 68.1 Å². The van der Waals surface area contributed by atoms with Crippen LogP contribution in [0.2, 0.25) is 0 Å². The molecule has 1 aliphatic rings. The lowest BCUT2D eigenvalue weighted by Gasteiger charge is -2.24. The molecule has 1 rings (SSSR count). The Kier molecular flexibility index (Phi) is 4.26. The van der Waals surface area contributed by atoms with Gasteiger partial charge in [-0.05, 0) is 13.6 Å². The lowest BCUT2D eigenvalue weighted by atomic mass is 10.1. The molecule has 1 saturated heterocycles. The van der Waals surface area contributed by atoms with Gasteiger partial charge in [-0.15, -0.1) is 0 Å². The van der Waals surface area contributed by atoms with E-state index < -0.39 is 12.1 Å². The highest BCUT2D eigenvalue weighted by Crippen LogP contribution is 2.19. The fourth-order valence-corrected chi connectivity index (χ4v) is 2.15. The van der Waals surface area contributed by atoms with Gasteiger partial charge in [0.2, 0.25) is 11.8 Å². The smallest absolute Gasteiger partial charge is 0.239 e. The number of carbonyl (C=O) groups excluding carboxylic acids is 2. The van der Waals surface area contributed by atoms with Gasteiger partial charge in [-0.25, -0.2) is 0 Å². The van der Waals surface area contributed by atoms with E-state index >= 15 is 0 Å². The summed E-state index contributed by atoms with van der Waals surface area (Å²) in [6, 6.07) is -0.815. The first-order valence-electron chi connectivity index (χ1n) is 5.44. The topological polar surface area (TPSA) is 64.7 Å². The second-order valence-corrected chi connectivity index (χ2v) is 3.92. The molecule has 6 nitrogen and oxygen atoms in total. The van der Waals surface area contributed by atoms with Crippen molar-refractivity contribution in [2.75, 3.05) is 34.4 Å². The number of hydrogen-bond donors (Lipinski definition) is 2. The Bertz CT molecular complexity index is 282. The highest BCUT2D eigenvalue weighted by Gasteiger charge is 2.45. The van der Waals surface area contributed by atoms with E-state index in [4.69, 9.17) is 0 Å².